The number of nitrogens with zero attached hydrogens (tertiary/aromatic N) is 1. The van der Waals surface area contributed by atoms with Crippen molar-refractivity contribution < 1.29 is 14.3 Å². The normalized spacial score (nSPS) is 15.2. The average Bonchev–Trinajstić information content (AvgIpc) is 2.75. The molecule has 2 rings (SSSR count). The van der Waals surface area contributed by atoms with Crippen molar-refractivity contribution in [1.82, 2.24) is 16.0 Å². The molecule has 1 fully saturated rings. The Labute approximate surface area is 174 Å². The van der Waals surface area contributed by atoms with Crippen LogP contribution in [0, 0.1) is 5.92 Å². The van der Waals surface area contributed by atoms with Crippen molar-refractivity contribution in [3.05, 3.63) is 35.4 Å². The number of benzene rings is 1. The average molecular weight is 405 g/mol. The van der Waals surface area contributed by atoms with Gasteiger partial charge in [-0.05, 0) is 56.7 Å². The maximum Gasteiger partial charge on any atom is 0.251 e. The summed E-state index contributed by atoms with van der Waals surface area (Å²) in [6.07, 6.45) is 3.15. The second-order valence-corrected chi connectivity index (χ2v) is 7.17. The molecule has 1 aromatic rings. The smallest absolute Gasteiger partial charge is 0.251 e. The summed E-state index contributed by atoms with van der Waals surface area (Å²) in [6.45, 7) is 10.0. The Hall–Kier alpha value is -2.12. The van der Waals surface area contributed by atoms with Crippen LogP contribution in [0.3, 0.4) is 0 Å². The zero-order chi connectivity index (χ0) is 20.7. The van der Waals surface area contributed by atoms with Gasteiger partial charge >= 0.3 is 0 Å². The lowest BCUT2D eigenvalue weighted by atomic mass is 10.0. The lowest BCUT2D eigenvalue weighted by molar-refractivity contribution is 0.0203. The van der Waals surface area contributed by atoms with Gasteiger partial charge in [0.2, 0.25) is 0 Å². The van der Waals surface area contributed by atoms with E-state index in [1.165, 1.54) is 0 Å². The highest BCUT2D eigenvalue weighted by Crippen LogP contribution is 2.14. The highest BCUT2D eigenvalue weighted by molar-refractivity contribution is 5.94. The first kappa shape index (κ1) is 23.2. The van der Waals surface area contributed by atoms with E-state index in [1.54, 1.807) is 0 Å². The minimum atomic E-state index is -0.0517. The predicted octanol–water partition coefficient (Wildman–Crippen LogP) is 2.32. The second kappa shape index (κ2) is 14.0. The van der Waals surface area contributed by atoms with Crippen LogP contribution in [0.2, 0.25) is 0 Å². The SMILES string of the molecule is CCNC(=O)c1cccc(CN=C(NCC)NCCCOCC2CCOCC2)c1. The third-order valence-electron chi connectivity index (χ3n) is 4.74. The van der Waals surface area contributed by atoms with Gasteiger partial charge in [-0.1, -0.05) is 12.1 Å². The van der Waals surface area contributed by atoms with Gasteiger partial charge in [-0.2, -0.15) is 0 Å². The molecule has 0 radical (unpaired) electrons. The topological polar surface area (TPSA) is 84.0 Å². The Kier molecular flexibility index (Phi) is 11.1. The largest absolute Gasteiger partial charge is 0.381 e. The van der Waals surface area contributed by atoms with E-state index in [2.05, 4.69) is 20.9 Å². The highest BCUT2D eigenvalue weighted by Gasteiger charge is 2.13. The van der Waals surface area contributed by atoms with Crippen LogP contribution < -0.4 is 16.0 Å². The lowest BCUT2D eigenvalue weighted by Crippen LogP contribution is -2.38. The molecule has 1 aliphatic rings. The maximum atomic E-state index is 12.0. The van der Waals surface area contributed by atoms with E-state index in [0.29, 0.717) is 24.6 Å². The van der Waals surface area contributed by atoms with E-state index in [1.807, 2.05) is 38.1 Å². The van der Waals surface area contributed by atoms with E-state index in [4.69, 9.17) is 9.47 Å². The Morgan fingerprint density at radius 3 is 2.72 bits per heavy atom. The van der Waals surface area contributed by atoms with Gasteiger partial charge in [0, 0.05) is 51.6 Å². The minimum Gasteiger partial charge on any atom is -0.381 e. The number of carbonyl (C=O) groups excluding carboxylic acids is 1. The Morgan fingerprint density at radius 2 is 1.97 bits per heavy atom. The van der Waals surface area contributed by atoms with E-state index in [0.717, 1.165) is 70.3 Å². The van der Waals surface area contributed by atoms with Crippen molar-refractivity contribution >= 4 is 11.9 Å². The summed E-state index contributed by atoms with van der Waals surface area (Å²) in [6, 6.07) is 7.59. The zero-order valence-electron chi connectivity index (χ0n) is 17.8. The summed E-state index contributed by atoms with van der Waals surface area (Å²) < 4.78 is 11.2. The van der Waals surface area contributed by atoms with Crippen molar-refractivity contribution in [3.8, 4) is 0 Å². The molecule has 0 atom stereocenters. The van der Waals surface area contributed by atoms with Crippen LogP contribution in [0.5, 0.6) is 0 Å². The van der Waals surface area contributed by atoms with Crippen LogP contribution in [0.4, 0.5) is 0 Å². The molecule has 0 bridgehead atoms. The van der Waals surface area contributed by atoms with Gasteiger partial charge in [-0.15, -0.1) is 0 Å². The molecule has 7 nitrogen and oxygen atoms in total. The third-order valence-corrected chi connectivity index (χ3v) is 4.74. The summed E-state index contributed by atoms with van der Waals surface area (Å²) in [5, 5.41) is 9.43. The highest BCUT2D eigenvalue weighted by atomic mass is 16.5. The molecule has 162 valence electrons. The van der Waals surface area contributed by atoms with E-state index in [-0.39, 0.29) is 5.91 Å². The van der Waals surface area contributed by atoms with Crippen LogP contribution in [0.25, 0.3) is 0 Å². The number of amides is 1. The zero-order valence-corrected chi connectivity index (χ0v) is 17.8. The molecule has 1 aromatic carbocycles. The number of aliphatic imine (C=N–C) groups is 1. The molecule has 0 aromatic heterocycles. The fraction of sp³-hybridized carbons (Fsp3) is 0.636. The van der Waals surface area contributed by atoms with Gasteiger partial charge < -0.3 is 25.4 Å². The summed E-state index contributed by atoms with van der Waals surface area (Å²) in [4.78, 5) is 16.6. The monoisotopic (exact) mass is 404 g/mol. The first-order chi connectivity index (χ1) is 14.2. The summed E-state index contributed by atoms with van der Waals surface area (Å²) in [5.74, 6) is 1.37. The standard InChI is InChI=1S/C22H36N4O3/c1-3-23-21(27)20-8-5-7-19(15-20)16-26-22(24-4-2)25-11-6-12-29-17-18-9-13-28-14-10-18/h5,7-8,15,18H,3-4,6,9-14,16-17H2,1-2H3,(H,23,27)(H2,24,25,26). The van der Waals surface area contributed by atoms with Crippen LogP contribution in [0.15, 0.2) is 29.3 Å². The predicted molar refractivity (Wildman–Crippen MR) is 116 cm³/mol. The van der Waals surface area contributed by atoms with E-state index in [9.17, 15) is 4.79 Å². The molecule has 1 aliphatic heterocycles. The van der Waals surface area contributed by atoms with Gasteiger partial charge in [0.25, 0.3) is 5.91 Å². The second-order valence-electron chi connectivity index (χ2n) is 7.17. The maximum absolute atomic E-state index is 12.0. The number of nitrogens with one attached hydrogen (secondary N) is 3. The Bertz CT molecular complexity index is 630. The number of rotatable bonds is 11. The van der Waals surface area contributed by atoms with Crippen molar-refractivity contribution in [2.45, 2.75) is 39.7 Å². The van der Waals surface area contributed by atoms with Crippen molar-refractivity contribution in [1.29, 1.82) is 0 Å². The molecule has 0 aliphatic carbocycles. The molecule has 1 saturated heterocycles. The molecule has 0 unspecified atom stereocenters. The van der Waals surface area contributed by atoms with Gasteiger partial charge in [-0.25, -0.2) is 4.99 Å². The molecule has 0 spiro atoms. The number of carbonyl (C=O) groups is 1. The van der Waals surface area contributed by atoms with Gasteiger partial charge in [0.05, 0.1) is 6.54 Å². The fourth-order valence-electron chi connectivity index (χ4n) is 3.13. The fourth-order valence-corrected chi connectivity index (χ4v) is 3.13. The van der Waals surface area contributed by atoms with Crippen molar-refractivity contribution in [2.75, 3.05) is 46.1 Å². The van der Waals surface area contributed by atoms with Gasteiger partial charge in [-0.3, -0.25) is 4.79 Å². The van der Waals surface area contributed by atoms with Crippen LogP contribution in [-0.2, 0) is 16.0 Å². The summed E-state index contributed by atoms with van der Waals surface area (Å²) >= 11 is 0. The molecule has 29 heavy (non-hydrogen) atoms. The van der Waals surface area contributed by atoms with Gasteiger partial charge in [0.1, 0.15) is 0 Å². The first-order valence-corrected chi connectivity index (χ1v) is 10.8. The molecule has 0 saturated carbocycles. The Balaban J connectivity index is 1.71. The number of guanidine groups is 1. The third kappa shape index (κ3) is 9.28. The summed E-state index contributed by atoms with van der Waals surface area (Å²) in [5.41, 5.74) is 1.67. The quantitative estimate of drug-likeness (QED) is 0.299. The first-order valence-electron chi connectivity index (χ1n) is 10.8. The Morgan fingerprint density at radius 1 is 1.17 bits per heavy atom. The molecule has 3 N–H and O–H groups in total. The number of hydrogen-bond donors (Lipinski definition) is 3. The molecular weight excluding hydrogens is 368 g/mol. The lowest BCUT2D eigenvalue weighted by Gasteiger charge is -2.21. The van der Waals surface area contributed by atoms with E-state index >= 15 is 0 Å². The van der Waals surface area contributed by atoms with E-state index < -0.39 is 0 Å². The minimum absolute atomic E-state index is 0.0517. The number of hydrogen-bond acceptors (Lipinski definition) is 4. The molecule has 1 amide bonds. The number of ether oxygens (including phenoxy) is 2. The van der Waals surface area contributed by atoms with Crippen LogP contribution in [-0.4, -0.2) is 57.9 Å². The van der Waals surface area contributed by atoms with Crippen molar-refractivity contribution in [3.63, 3.8) is 0 Å². The van der Waals surface area contributed by atoms with Gasteiger partial charge in [0.15, 0.2) is 5.96 Å². The van der Waals surface area contributed by atoms with Crippen LogP contribution >= 0.6 is 0 Å². The molecule has 1 heterocycles. The van der Waals surface area contributed by atoms with Crippen LogP contribution in [0.1, 0.15) is 49.0 Å². The summed E-state index contributed by atoms with van der Waals surface area (Å²) in [7, 11) is 0. The van der Waals surface area contributed by atoms with Crippen molar-refractivity contribution in [2.24, 2.45) is 10.9 Å². The molecular formula is C22H36N4O3. The molecule has 7 heteroatoms.